The fraction of sp³-hybridized carbons (Fsp3) is 0.194. The third-order valence-electron chi connectivity index (χ3n) is 7.21. The second-order valence-corrected chi connectivity index (χ2v) is 9.41. The van der Waals surface area contributed by atoms with Gasteiger partial charge in [-0.2, -0.15) is 0 Å². The summed E-state index contributed by atoms with van der Waals surface area (Å²) in [5, 5.41) is 44.9. The molecule has 1 heterocycles. The van der Waals surface area contributed by atoms with Gasteiger partial charge in [-0.1, -0.05) is 60.7 Å². The monoisotopic (exact) mass is 512 g/mol. The molecule has 2 unspecified atom stereocenters. The van der Waals surface area contributed by atoms with Crippen LogP contribution in [0.15, 0.2) is 66.7 Å². The van der Waals surface area contributed by atoms with Crippen LogP contribution < -0.4 is 9.47 Å². The molecule has 194 valence electrons. The van der Waals surface area contributed by atoms with E-state index >= 15 is 0 Å². The molecule has 4 N–H and O–H groups in total. The van der Waals surface area contributed by atoms with Gasteiger partial charge in [0, 0.05) is 34.2 Å². The molecular weight excluding hydrogens is 484 g/mol. The van der Waals surface area contributed by atoms with Crippen molar-refractivity contribution in [1.82, 2.24) is 0 Å². The van der Waals surface area contributed by atoms with E-state index in [2.05, 4.69) is 0 Å². The Morgan fingerprint density at radius 2 is 1.45 bits per heavy atom. The SMILES string of the molecule is COc1cc(O)c(C(c2ccccc2)c2c(O)c(C)c(O)c3c2OC(c2ccccc2)CC3=O)c(O)c1C. The summed E-state index contributed by atoms with van der Waals surface area (Å²) in [6.45, 7) is 3.16. The zero-order valence-corrected chi connectivity index (χ0v) is 21.2. The number of ketones is 1. The maximum atomic E-state index is 13.4. The molecule has 0 spiro atoms. The van der Waals surface area contributed by atoms with E-state index in [-0.39, 0.29) is 63.2 Å². The highest BCUT2D eigenvalue weighted by Gasteiger charge is 2.39. The van der Waals surface area contributed by atoms with Crippen molar-refractivity contribution >= 4 is 5.78 Å². The van der Waals surface area contributed by atoms with Gasteiger partial charge < -0.3 is 29.9 Å². The average molecular weight is 513 g/mol. The van der Waals surface area contributed by atoms with Crippen LogP contribution in [0.3, 0.4) is 0 Å². The molecule has 0 bridgehead atoms. The first-order valence-corrected chi connectivity index (χ1v) is 12.2. The van der Waals surface area contributed by atoms with E-state index in [9.17, 15) is 25.2 Å². The Bertz CT molecular complexity index is 1530. The lowest BCUT2D eigenvalue weighted by Crippen LogP contribution is -2.23. The quantitative estimate of drug-likeness (QED) is 0.242. The highest BCUT2D eigenvalue weighted by atomic mass is 16.5. The summed E-state index contributed by atoms with van der Waals surface area (Å²) in [6, 6.07) is 19.6. The van der Waals surface area contributed by atoms with Crippen LogP contribution >= 0.6 is 0 Å². The van der Waals surface area contributed by atoms with Crippen LogP contribution in [0.1, 0.15) is 62.2 Å². The Balaban J connectivity index is 1.85. The lowest BCUT2D eigenvalue weighted by molar-refractivity contribution is 0.0841. The molecule has 7 heteroatoms. The maximum Gasteiger partial charge on any atom is 0.174 e. The first-order valence-electron chi connectivity index (χ1n) is 12.2. The molecule has 0 saturated heterocycles. The van der Waals surface area contributed by atoms with E-state index in [1.54, 1.807) is 31.2 Å². The van der Waals surface area contributed by atoms with Crippen LogP contribution in [0, 0.1) is 13.8 Å². The molecule has 0 radical (unpaired) electrons. The van der Waals surface area contributed by atoms with E-state index in [0.29, 0.717) is 16.9 Å². The van der Waals surface area contributed by atoms with Crippen molar-refractivity contribution in [2.24, 2.45) is 0 Å². The molecule has 0 amide bonds. The minimum atomic E-state index is -0.962. The van der Waals surface area contributed by atoms with Crippen LogP contribution in [-0.4, -0.2) is 33.3 Å². The number of rotatable bonds is 5. The first-order chi connectivity index (χ1) is 18.2. The van der Waals surface area contributed by atoms with Gasteiger partial charge in [0.15, 0.2) is 5.78 Å². The number of Topliss-reactive ketones (excluding diaryl/α,β-unsaturated/α-hetero) is 1. The standard InChI is InChI=1S/C31H28O7/c1-16-22(37-3)14-20(32)25(28(16)34)24(19-12-8-5-9-13-19)27-30(36)17(2)29(35)26-21(33)15-23(38-31(26)27)18-10-6-4-7-11-18/h4-14,23-24,32,34-36H,15H2,1-3H3. The second-order valence-electron chi connectivity index (χ2n) is 9.41. The van der Waals surface area contributed by atoms with Gasteiger partial charge in [0.05, 0.1) is 13.5 Å². The Kier molecular flexibility index (Phi) is 6.36. The summed E-state index contributed by atoms with van der Waals surface area (Å²) in [7, 11) is 1.43. The van der Waals surface area contributed by atoms with Crippen LogP contribution in [-0.2, 0) is 0 Å². The number of ether oxygens (including phenoxy) is 2. The average Bonchev–Trinajstić information content (AvgIpc) is 2.93. The largest absolute Gasteiger partial charge is 0.507 e. The molecule has 7 nitrogen and oxygen atoms in total. The molecule has 2 atom stereocenters. The summed E-state index contributed by atoms with van der Waals surface area (Å²) in [5.41, 5.74) is 2.10. The molecule has 4 aromatic carbocycles. The van der Waals surface area contributed by atoms with Gasteiger partial charge in [-0.15, -0.1) is 0 Å². The predicted molar refractivity (Wildman–Crippen MR) is 142 cm³/mol. The second kappa shape index (κ2) is 9.67. The van der Waals surface area contributed by atoms with E-state index in [1.807, 2.05) is 36.4 Å². The number of phenolic OH excluding ortho intramolecular Hbond substituents is 4. The van der Waals surface area contributed by atoms with E-state index in [4.69, 9.17) is 9.47 Å². The maximum absolute atomic E-state index is 13.4. The zero-order valence-electron chi connectivity index (χ0n) is 21.2. The fourth-order valence-electron chi connectivity index (χ4n) is 5.18. The molecule has 0 fully saturated rings. The fourth-order valence-corrected chi connectivity index (χ4v) is 5.18. The molecule has 1 aliphatic heterocycles. The highest BCUT2D eigenvalue weighted by Crippen LogP contribution is 2.56. The highest BCUT2D eigenvalue weighted by molar-refractivity contribution is 6.04. The number of hydrogen-bond acceptors (Lipinski definition) is 7. The number of carbonyl (C=O) groups excluding carboxylic acids is 1. The van der Waals surface area contributed by atoms with Crippen molar-refractivity contribution in [3.05, 3.63) is 106 Å². The molecule has 4 aromatic rings. The van der Waals surface area contributed by atoms with Gasteiger partial charge in [-0.05, 0) is 25.0 Å². The molecule has 0 aliphatic carbocycles. The van der Waals surface area contributed by atoms with Crippen molar-refractivity contribution in [1.29, 1.82) is 0 Å². The van der Waals surface area contributed by atoms with Gasteiger partial charge in [0.2, 0.25) is 0 Å². The van der Waals surface area contributed by atoms with Gasteiger partial charge in [-0.25, -0.2) is 0 Å². The van der Waals surface area contributed by atoms with Crippen LogP contribution in [0.25, 0.3) is 0 Å². The van der Waals surface area contributed by atoms with Gasteiger partial charge in [-0.3, -0.25) is 4.79 Å². The number of benzene rings is 4. The molecule has 5 rings (SSSR count). The number of fused-ring (bicyclic) bond motifs is 1. The molecule has 38 heavy (non-hydrogen) atoms. The number of carbonyl (C=O) groups is 1. The zero-order chi connectivity index (χ0) is 27.1. The Labute approximate surface area is 220 Å². The Morgan fingerprint density at radius 1 is 0.842 bits per heavy atom. The summed E-state index contributed by atoms with van der Waals surface area (Å²) in [5.74, 6) is -2.15. The topological polar surface area (TPSA) is 116 Å². The number of hydrogen-bond donors (Lipinski definition) is 4. The Morgan fingerprint density at radius 3 is 2.08 bits per heavy atom. The van der Waals surface area contributed by atoms with E-state index < -0.39 is 12.0 Å². The van der Waals surface area contributed by atoms with Crippen molar-refractivity contribution in [3.8, 4) is 34.5 Å². The summed E-state index contributed by atoms with van der Waals surface area (Å²) in [4.78, 5) is 13.4. The summed E-state index contributed by atoms with van der Waals surface area (Å²) in [6.07, 6.45) is -0.657. The minimum Gasteiger partial charge on any atom is -0.507 e. The van der Waals surface area contributed by atoms with Crippen LogP contribution in [0.2, 0.25) is 0 Å². The van der Waals surface area contributed by atoms with E-state index in [0.717, 1.165) is 5.56 Å². The number of methoxy groups -OCH3 is 1. The summed E-state index contributed by atoms with van der Waals surface area (Å²) >= 11 is 0. The first kappa shape index (κ1) is 25.0. The smallest absolute Gasteiger partial charge is 0.174 e. The number of aromatic hydroxyl groups is 4. The van der Waals surface area contributed by atoms with Crippen LogP contribution in [0.4, 0.5) is 0 Å². The van der Waals surface area contributed by atoms with Crippen molar-refractivity contribution in [2.45, 2.75) is 32.3 Å². The molecule has 1 aliphatic rings. The third-order valence-corrected chi connectivity index (χ3v) is 7.21. The van der Waals surface area contributed by atoms with Gasteiger partial charge in [0.25, 0.3) is 0 Å². The van der Waals surface area contributed by atoms with Gasteiger partial charge >= 0.3 is 0 Å². The van der Waals surface area contributed by atoms with Crippen molar-refractivity contribution in [2.75, 3.05) is 7.11 Å². The molecule has 0 aromatic heterocycles. The lowest BCUT2D eigenvalue weighted by Gasteiger charge is -2.32. The lowest BCUT2D eigenvalue weighted by atomic mass is 9.79. The van der Waals surface area contributed by atoms with Crippen molar-refractivity contribution in [3.63, 3.8) is 0 Å². The molecular formula is C31H28O7. The normalized spacial score (nSPS) is 15.4. The predicted octanol–water partition coefficient (Wildman–Crippen LogP) is 6.02. The molecule has 0 saturated carbocycles. The minimum absolute atomic E-state index is 0.00236. The summed E-state index contributed by atoms with van der Waals surface area (Å²) < 4.78 is 11.7. The van der Waals surface area contributed by atoms with Gasteiger partial charge in [0.1, 0.15) is 46.2 Å². The van der Waals surface area contributed by atoms with Crippen LogP contribution in [0.5, 0.6) is 34.5 Å². The van der Waals surface area contributed by atoms with E-state index in [1.165, 1.54) is 20.1 Å². The van der Waals surface area contributed by atoms with Crippen molar-refractivity contribution < 1.29 is 34.7 Å². The Hall–Kier alpha value is -4.65. The third kappa shape index (κ3) is 3.96. The number of phenols is 4.